The van der Waals surface area contributed by atoms with Crippen molar-refractivity contribution in [1.29, 1.82) is 0 Å². The zero-order valence-electron chi connectivity index (χ0n) is 23.1. The molecule has 6 nitrogen and oxygen atoms in total. The minimum absolute atomic E-state index is 0.0504. The van der Waals surface area contributed by atoms with E-state index < -0.39 is 23.1 Å². The lowest BCUT2D eigenvalue weighted by Gasteiger charge is -2.31. The van der Waals surface area contributed by atoms with Gasteiger partial charge in [-0.1, -0.05) is 18.2 Å². The fraction of sp³-hybridized carbons (Fsp3) is 0.438. The van der Waals surface area contributed by atoms with E-state index in [9.17, 15) is 9.18 Å². The number of para-hydroxylation sites is 1. The van der Waals surface area contributed by atoms with Gasteiger partial charge < -0.3 is 15.5 Å². The Morgan fingerprint density at radius 2 is 1.95 bits per heavy atom. The predicted octanol–water partition coefficient (Wildman–Crippen LogP) is 5.30. The first-order valence-electron chi connectivity index (χ1n) is 14.4. The van der Waals surface area contributed by atoms with Crippen LogP contribution in [0.5, 0.6) is 5.75 Å². The van der Waals surface area contributed by atoms with Gasteiger partial charge in [0.05, 0.1) is 29.8 Å². The number of rotatable bonds is 8. The van der Waals surface area contributed by atoms with Gasteiger partial charge in [0.15, 0.2) is 11.4 Å². The van der Waals surface area contributed by atoms with Crippen LogP contribution in [0.15, 0.2) is 47.7 Å². The molecule has 3 aliphatic carbocycles. The summed E-state index contributed by atoms with van der Waals surface area (Å²) in [4.78, 5) is 17.9. The van der Waals surface area contributed by atoms with Crippen LogP contribution < -0.4 is 10.5 Å². The Morgan fingerprint density at radius 3 is 2.66 bits per heavy atom. The number of nitrogens with one attached hydrogen (secondary N) is 1. The first-order valence-corrected chi connectivity index (χ1v) is 14.4. The van der Waals surface area contributed by atoms with Crippen LogP contribution in [0.2, 0.25) is 0 Å². The van der Waals surface area contributed by atoms with E-state index in [-0.39, 0.29) is 30.0 Å². The summed E-state index contributed by atoms with van der Waals surface area (Å²) in [5.74, 6) is -1.52. The van der Waals surface area contributed by atoms with Crippen LogP contribution >= 0.6 is 0 Å². The third-order valence-corrected chi connectivity index (χ3v) is 9.52. The van der Waals surface area contributed by atoms with Gasteiger partial charge in [-0.15, -0.1) is 0 Å². The van der Waals surface area contributed by atoms with Crippen LogP contribution in [0.1, 0.15) is 61.9 Å². The molecule has 1 amide bonds. The summed E-state index contributed by atoms with van der Waals surface area (Å²) in [7, 11) is 0. The molecule has 3 N–H and O–H groups in total. The number of H-pyrrole nitrogens is 1. The summed E-state index contributed by atoms with van der Waals surface area (Å²) in [6.45, 7) is 3.65. The molecule has 0 radical (unpaired) electrons. The lowest BCUT2D eigenvalue weighted by molar-refractivity contribution is -0.521. The predicted molar refractivity (Wildman–Crippen MR) is 150 cm³/mol. The van der Waals surface area contributed by atoms with E-state index in [1.165, 1.54) is 12.1 Å². The van der Waals surface area contributed by atoms with Crippen molar-refractivity contribution in [3.05, 3.63) is 76.1 Å². The van der Waals surface area contributed by atoms with Crippen molar-refractivity contribution in [3.8, 4) is 5.75 Å². The number of nitrogens with two attached hydrogens (primary N) is 1. The first-order chi connectivity index (χ1) is 19.8. The molecule has 0 spiro atoms. The monoisotopic (exact) mass is 563 g/mol. The Kier molecular flexibility index (Phi) is 6.26. The fourth-order valence-electron chi connectivity index (χ4n) is 7.51. The molecule has 2 fully saturated rings. The molecule has 8 rings (SSSR count). The Balaban J connectivity index is 1.28. The fourth-order valence-corrected chi connectivity index (χ4v) is 7.51. The Morgan fingerprint density at radius 1 is 1.20 bits per heavy atom. The summed E-state index contributed by atoms with van der Waals surface area (Å²) in [6, 6.07) is 9.71. The van der Waals surface area contributed by atoms with Crippen LogP contribution in [0.3, 0.4) is 0 Å². The molecule has 3 aromatic rings. The van der Waals surface area contributed by atoms with Crippen molar-refractivity contribution < 1.29 is 27.3 Å². The van der Waals surface area contributed by atoms with Gasteiger partial charge in [0, 0.05) is 56.0 Å². The highest BCUT2D eigenvalue weighted by Gasteiger charge is 2.59. The molecule has 2 bridgehead atoms. The number of alkyl halides is 1. The van der Waals surface area contributed by atoms with Crippen molar-refractivity contribution in [3.63, 3.8) is 0 Å². The van der Waals surface area contributed by atoms with Gasteiger partial charge in [-0.05, 0) is 42.9 Å². The van der Waals surface area contributed by atoms with Crippen molar-refractivity contribution in [1.82, 2.24) is 9.88 Å². The maximum absolute atomic E-state index is 16.1. The molecule has 1 saturated heterocycles. The van der Waals surface area contributed by atoms with Crippen molar-refractivity contribution >= 4 is 22.5 Å². The Bertz CT molecular complexity index is 1610. The summed E-state index contributed by atoms with van der Waals surface area (Å²) in [6.07, 6.45) is 3.30. The summed E-state index contributed by atoms with van der Waals surface area (Å²) < 4.78 is 52.9. The molecular formula is C32H34F3N4O2+. The van der Waals surface area contributed by atoms with Gasteiger partial charge in [-0.2, -0.15) is 4.58 Å². The zero-order chi connectivity index (χ0) is 28.5. The van der Waals surface area contributed by atoms with Crippen LogP contribution in [-0.2, 0) is 11.2 Å². The van der Waals surface area contributed by atoms with Gasteiger partial charge in [0.1, 0.15) is 23.5 Å². The maximum Gasteiger partial charge on any atom is 0.229 e. The Labute approximate surface area is 236 Å². The number of allylic oxidation sites excluding steroid dienone is 2. The van der Waals surface area contributed by atoms with Gasteiger partial charge in [0.2, 0.25) is 11.9 Å². The third kappa shape index (κ3) is 4.19. The number of fused-ring (bicyclic) bond motifs is 4. The van der Waals surface area contributed by atoms with Crippen molar-refractivity contribution in [2.75, 3.05) is 26.3 Å². The zero-order valence-corrected chi connectivity index (χ0v) is 23.1. The summed E-state index contributed by atoms with van der Waals surface area (Å²) >= 11 is 0. The minimum Gasteiger partial charge on any atom is -0.489 e. The van der Waals surface area contributed by atoms with Crippen LogP contribution in [-0.4, -0.2) is 58.5 Å². The number of primary amides is 1. The highest BCUT2D eigenvalue weighted by molar-refractivity contribution is 5.92. The molecule has 9 heteroatoms. The van der Waals surface area contributed by atoms with E-state index in [1.54, 1.807) is 0 Å². The quantitative estimate of drug-likeness (QED) is 0.366. The molecule has 1 aromatic heterocycles. The number of hydrogen-bond acceptors (Lipinski definition) is 3. The van der Waals surface area contributed by atoms with E-state index in [1.807, 2.05) is 35.8 Å². The molecule has 2 atom stereocenters. The molecule has 41 heavy (non-hydrogen) atoms. The van der Waals surface area contributed by atoms with E-state index in [4.69, 9.17) is 10.5 Å². The minimum atomic E-state index is -0.769. The van der Waals surface area contributed by atoms with Crippen LogP contribution in [0, 0.1) is 17.0 Å². The average Bonchev–Trinajstić information content (AvgIpc) is 3.68. The first kappa shape index (κ1) is 26.3. The standard InChI is InChI=1S/C32H33F3N4O2/c1-18-11-23-22-5-2-3-6-26(22)37-29(23)30(39(18)27-16-32(31(36)40)14-19(27)15-32)28-24(34)12-21(13-25(28)35)41-20-7-10-38(17-20)9-4-8-33/h2-3,5-6,12-13,20,30,37H,4,7-11,14-17H2,1H3,(H-,36,40)/p+1/t20?,30-/m1/s1. The van der Waals surface area contributed by atoms with Gasteiger partial charge in [-0.25, -0.2) is 8.78 Å². The number of ether oxygens (including phenoxy) is 1. The van der Waals surface area contributed by atoms with E-state index in [0.717, 1.165) is 52.1 Å². The van der Waals surface area contributed by atoms with Crippen molar-refractivity contribution in [2.45, 2.75) is 57.6 Å². The number of aromatic nitrogens is 1. The van der Waals surface area contributed by atoms with Gasteiger partial charge >= 0.3 is 0 Å². The molecule has 2 aromatic carbocycles. The van der Waals surface area contributed by atoms with Crippen molar-refractivity contribution in [2.24, 2.45) is 11.1 Å². The lowest BCUT2D eigenvalue weighted by Crippen LogP contribution is -2.40. The van der Waals surface area contributed by atoms with Crippen LogP contribution in [0.4, 0.5) is 13.2 Å². The second-order valence-corrected chi connectivity index (χ2v) is 12.1. The summed E-state index contributed by atoms with van der Waals surface area (Å²) in [5, 5.41) is 1.03. The number of aromatic amines is 1. The smallest absolute Gasteiger partial charge is 0.229 e. The molecule has 214 valence electrons. The molecule has 3 heterocycles. The number of benzene rings is 2. The molecule has 5 aliphatic rings. The molecular weight excluding hydrogens is 529 g/mol. The number of amides is 1. The van der Waals surface area contributed by atoms with Crippen LogP contribution in [0.25, 0.3) is 10.9 Å². The number of nitrogens with zero attached hydrogens (tertiary/aromatic N) is 2. The number of likely N-dealkylation sites (tertiary alicyclic amines) is 1. The summed E-state index contributed by atoms with van der Waals surface area (Å²) in [5.41, 5.74) is 10.9. The third-order valence-electron chi connectivity index (χ3n) is 9.52. The molecule has 1 saturated carbocycles. The average molecular weight is 564 g/mol. The normalized spacial score (nSPS) is 23.3. The second kappa shape index (κ2) is 9.76. The molecule has 1 unspecified atom stereocenters. The second-order valence-electron chi connectivity index (χ2n) is 12.1. The SMILES string of the molecule is CC1=[N+](C2=C3CC(C(N)=O)(C3)C2)[C@H](c2c(F)cc(OC3CCN(CCCF)C3)cc2F)c2[nH]c3ccccc3c2C1. The molecule has 2 aliphatic heterocycles. The topological polar surface area (TPSA) is 74.4 Å². The highest BCUT2D eigenvalue weighted by atomic mass is 19.1. The Hall–Kier alpha value is -3.59. The largest absolute Gasteiger partial charge is 0.489 e. The lowest BCUT2D eigenvalue weighted by atomic mass is 9.70. The maximum atomic E-state index is 16.1. The van der Waals surface area contributed by atoms with Gasteiger partial charge in [-0.3, -0.25) is 14.1 Å². The number of carbonyl (C=O) groups is 1. The van der Waals surface area contributed by atoms with E-state index >= 15 is 8.78 Å². The number of carbonyl (C=O) groups excluding carboxylic acids is 1. The highest BCUT2D eigenvalue weighted by Crippen LogP contribution is 2.59. The number of halogens is 3. The van der Waals surface area contributed by atoms with Gasteiger partial charge in [0.25, 0.3) is 0 Å². The van der Waals surface area contributed by atoms with E-state index in [0.29, 0.717) is 45.2 Å². The van der Waals surface area contributed by atoms with E-state index in [2.05, 4.69) is 9.88 Å². The number of hydrogen-bond donors (Lipinski definition) is 2.